The summed E-state index contributed by atoms with van der Waals surface area (Å²) in [6, 6.07) is 46.5. The number of allylic oxidation sites excluding steroid dienone is 1. The molecule has 0 aromatic heterocycles. The molecule has 0 amide bonds. The van der Waals surface area contributed by atoms with Crippen LogP contribution in [0.2, 0.25) is 0 Å². The van der Waals surface area contributed by atoms with Gasteiger partial charge in [0.15, 0.2) is 17.3 Å². The van der Waals surface area contributed by atoms with E-state index in [-0.39, 0.29) is 12.7 Å². The molecule has 1 unspecified atom stereocenters. The minimum Gasteiger partial charge on any atom is -0.493 e. The van der Waals surface area contributed by atoms with E-state index < -0.39 is 30.5 Å². The maximum atomic E-state index is 7.17. The minimum absolute atomic E-state index is 0.257. The molecule has 0 N–H and O–H groups in total. The molecule has 1 saturated heterocycles. The first-order chi connectivity index (χ1) is 28.7. The summed E-state index contributed by atoms with van der Waals surface area (Å²) in [5.41, 5.74) is 5.02. The second-order valence-corrected chi connectivity index (χ2v) is 14.5. The Morgan fingerprint density at radius 1 is 0.569 bits per heavy atom. The fraction of sp³-hybridized carbons (Fsp3) is 0.306. The van der Waals surface area contributed by atoms with E-state index in [1.54, 1.807) is 7.11 Å². The van der Waals surface area contributed by atoms with Crippen LogP contribution < -0.4 is 9.47 Å². The molecule has 3 aliphatic rings. The summed E-state index contributed by atoms with van der Waals surface area (Å²) in [7, 11) is 1.64. The van der Waals surface area contributed by atoms with E-state index in [0.29, 0.717) is 57.6 Å². The lowest BCUT2D eigenvalue weighted by molar-refractivity contribution is -0.275. The van der Waals surface area contributed by atoms with Crippen LogP contribution in [0.25, 0.3) is 0 Å². The first-order valence-corrected chi connectivity index (χ1v) is 20.0. The van der Waals surface area contributed by atoms with Crippen molar-refractivity contribution in [2.75, 3.05) is 26.9 Å². The van der Waals surface area contributed by atoms with Gasteiger partial charge in [-0.15, -0.1) is 0 Å². The van der Waals surface area contributed by atoms with Gasteiger partial charge in [-0.1, -0.05) is 127 Å². The standard InChI is InChI=1S/C49H50O9/c1-50-41-24-22-39(28-44(41)57-40-23-25-42-43(29-40)53-27-26-52-42)46-48(55-32-37-18-10-4-11-19-37)49(56-33-38-20-12-5-13-21-38)47(54-31-36-16-8-3-9-17-36)45(58-46)34-51-30-35-14-6-2-7-15-35/h2-25,28,40,45-49H,26-27,29-34H2,1H3/t40?,45-,46-,47-,48+,49+/m1/s1. The van der Waals surface area contributed by atoms with Crippen molar-refractivity contribution in [2.24, 2.45) is 0 Å². The molecule has 2 heterocycles. The molecule has 0 bridgehead atoms. The molecule has 0 radical (unpaired) electrons. The molecule has 8 rings (SSSR count). The molecule has 0 saturated carbocycles. The largest absolute Gasteiger partial charge is 0.493 e. The number of benzene rings is 5. The van der Waals surface area contributed by atoms with Crippen LogP contribution in [0.3, 0.4) is 0 Å². The molecule has 2 aliphatic heterocycles. The average molecular weight is 783 g/mol. The van der Waals surface area contributed by atoms with Gasteiger partial charge in [-0.05, 0) is 52.1 Å². The van der Waals surface area contributed by atoms with Crippen molar-refractivity contribution in [3.8, 4) is 11.5 Å². The van der Waals surface area contributed by atoms with E-state index >= 15 is 0 Å². The zero-order valence-corrected chi connectivity index (χ0v) is 32.7. The molecule has 5 aromatic carbocycles. The van der Waals surface area contributed by atoms with Gasteiger partial charge in [0.25, 0.3) is 0 Å². The first-order valence-electron chi connectivity index (χ1n) is 20.0. The van der Waals surface area contributed by atoms with Crippen LogP contribution in [0.1, 0.15) is 40.3 Å². The van der Waals surface area contributed by atoms with Crippen molar-refractivity contribution in [3.63, 3.8) is 0 Å². The van der Waals surface area contributed by atoms with Crippen molar-refractivity contribution in [1.29, 1.82) is 0 Å². The molecular formula is C49H50O9. The molecular weight excluding hydrogens is 733 g/mol. The summed E-state index contributed by atoms with van der Waals surface area (Å²) in [6.07, 6.45) is 1.29. The number of hydrogen-bond acceptors (Lipinski definition) is 9. The summed E-state index contributed by atoms with van der Waals surface area (Å²) in [6.45, 7) is 2.76. The second kappa shape index (κ2) is 19.8. The van der Waals surface area contributed by atoms with E-state index in [2.05, 4.69) is 48.5 Å². The third-order valence-corrected chi connectivity index (χ3v) is 10.4. The number of ether oxygens (including phenoxy) is 9. The highest BCUT2D eigenvalue weighted by molar-refractivity contribution is 5.45. The number of rotatable bonds is 17. The van der Waals surface area contributed by atoms with Crippen LogP contribution in [0, 0.1) is 0 Å². The second-order valence-electron chi connectivity index (χ2n) is 14.5. The summed E-state index contributed by atoms with van der Waals surface area (Å²) >= 11 is 0. The third-order valence-electron chi connectivity index (χ3n) is 10.4. The highest BCUT2D eigenvalue weighted by Crippen LogP contribution is 2.42. The molecule has 6 atom stereocenters. The van der Waals surface area contributed by atoms with Crippen molar-refractivity contribution in [3.05, 3.63) is 191 Å². The summed E-state index contributed by atoms with van der Waals surface area (Å²) < 4.78 is 58.6. The summed E-state index contributed by atoms with van der Waals surface area (Å²) in [4.78, 5) is 0. The molecule has 58 heavy (non-hydrogen) atoms. The molecule has 1 aliphatic carbocycles. The van der Waals surface area contributed by atoms with Gasteiger partial charge < -0.3 is 42.6 Å². The highest BCUT2D eigenvalue weighted by atomic mass is 16.6. The lowest BCUT2D eigenvalue weighted by atomic mass is 9.90. The van der Waals surface area contributed by atoms with Crippen LogP contribution in [0.15, 0.2) is 163 Å². The smallest absolute Gasteiger partial charge is 0.162 e. The van der Waals surface area contributed by atoms with Gasteiger partial charge in [-0.2, -0.15) is 0 Å². The predicted octanol–water partition coefficient (Wildman–Crippen LogP) is 9.07. The molecule has 9 nitrogen and oxygen atoms in total. The maximum absolute atomic E-state index is 7.17. The monoisotopic (exact) mass is 782 g/mol. The first kappa shape index (κ1) is 39.4. The van der Waals surface area contributed by atoms with Gasteiger partial charge >= 0.3 is 0 Å². The van der Waals surface area contributed by atoms with Gasteiger partial charge in [-0.25, -0.2) is 0 Å². The predicted molar refractivity (Wildman–Crippen MR) is 219 cm³/mol. The SMILES string of the molecule is COc1ccc([C@H]2O[C@H](COCc3ccccc3)[C@@H](OCc3ccccc3)[C@H](OCc3ccccc3)[C@H]2OCc2ccccc2)cc1OC1C=CC2=C(C1)OCCO2. The van der Waals surface area contributed by atoms with Crippen molar-refractivity contribution in [2.45, 2.75) is 69.5 Å². The van der Waals surface area contributed by atoms with Crippen molar-refractivity contribution < 1.29 is 42.6 Å². The van der Waals surface area contributed by atoms with Crippen LogP contribution in [-0.2, 0) is 59.6 Å². The quantitative estimate of drug-likeness (QED) is 0.0918. The van der Waals surface area contributed by atoms with E-state index in [4.69, 9.17) is 42.6 Å². The number of hydrogen-bond donors (Lipinski definition) is 0. The van der Waals surface area contributed by atoms with Crippen LogP contribution in [0.4, 0.5) is 0 Å². The van der Waals surface area contributed by atoms with Crippen LogP contribution >= 0.6 is 0 Å². The lowest BCUT2D eigenvalue weighted by Crippen LogP contribution is -2.58. The van der Waals surface area contributed by atoms with Gasteiger partial charge in [0, 0.05) is 6.42 Å². The number of methoxy groups -OCH3 is 1. The zero-order chi connectivity index (χ0) is 39.4. The highest BCUT2D eigenvalue weighted by Gasteiger charge is 2.49. The van der Waals surface area contributed by atoms with E-state index in [9.17, 15) is 0 Å². The summed E-state index contributed by atoms with van der Waals surface area (Å²) in [5.74, 6) is 2.71. The average Bonchev–Trinajstić information content (AvgIpc) is 3.28. The normalized spacial score (nSPS) is 22.7. The zero-order valence-electron chi connectivity index (χ0n) is 32.7. The lowest BCUT2D eigenvalue weighted by Gasteiger charge is -2.46. The molecule has 1 fully saturated rings. The molecule has 0 spiro atoms. The molecule has 5 aromatic rings. The Balaban J connectivity index is 1.15. The maximum Gasteiger partial charge on any atom is 0.162 e. The van der Waals surface area contributed by atoms with Gasteiger partial charge in [0.05, 0.1) is 40.1 Å². The van der Waals surface area contributed by atoms with Gasteiger partial charge in [0.2, 0.25) is 0 Å². The molecule has 300 valence electrons. The van der Waals surface area contributed by atoms with Crippen molar-refractivity contribution in [1.82, 2.24) is 0 Å². The van der Waals surface area contributed by atoms with Crippen molar-refractivity contribution >= 4 is 0 Å². The third kappa shape index (κ3) is 10.2. The van der Waals surface area contributed by atoms with E-state index in [1.807, 2.05) is 103 Å². The minimum atomic E-state index is -0.606. The van der Waals surface area contributed by atoms with Gasteiger partial charge in [0.1, 0.15) is 55.6 Å². The fourth-order valence-electron chi connectivity index (χ4n) is 7.48. The van der Waals surface area contributed by atoms with Crippen LogP contribution in [0.5, 0.6) is 11.5 Å². The Kier molecular flexibility index (Phi) is 13.5. The Morgan fingerprint density at radius 3 is 1.72 bits per heavy atom. The van der Waals surface area contributed by atoms with Crippen LogP contribution in [-0.4, -0.2) is 57.5 Å². The fourth-order valence-corrected chi connectivity index (χ4v) is 7.48. The topological polar surface area (TPSA) is 83.1 Å². The Bertz CT molecular complexity index is 2070. The summed E-state index contributed by atoms with van der Waals surface area (Å²) in [5, 5.41) is 0. The Morgan fingerprint density at radius 2 is 1.12 bits per heavy atom. The van der Waals surface area contributed by atoms with E-state index in [1.165, 1.54) is 0 Å². The molecule has 9 heteroatoms. The Labute approximate surface area is 340 Å². The van der Waals surface area contributed by atoms with Gasteiger partial charge in [-0.3, -0.25) is 0 Å². The van der Waals surface area contributed by atoms with E-state index in [0.717, 1.165) is 39.3 Å². The Hall–Kier alpha value is -5.42.